The van der Waals surface area contributed by atoms with Gasteiger partial charge in [-0.2, -0.15) is 13.2 Å². The fraction of sp³-hybridized carbons (Fsp3) is 0.278. The van der Waals surface area contributed by atoms with E-state index in [1.165, 1.54) is 43.3 Å². The van der Waals surface area contributed by atoms with Crippen LogP contribution < -0.4 is 5.32 Å². The van der Waals surface area contributed by atoms with Crippen molar-refractivity contribution in [2.45, 2.75) is 30.5 Å². The first-order valence-electron chi connectivity index (χ1n) is 7.99. The highest BCUT2D eigenvalue weighted by molar-refractivity contribution is 7.91. The number of carbonyl (C=O) groups excluding carboxylic acids is 1. The molecule has 1 amide bonds. The fourth-order valence-corrected chi connectivity index (χ4v) is 3.19. The maximum atomic E-state index is 12.5. The van der Waals surface area contributed by atoms with Gasteiger partial charge in [0, 0.05) is 5.69 Å². The first-order chi connectivity index (χ1) is 12.5. The average molecular weight is 401 g/mol. The van der Waals surface area contributed by atoms with E-state index in [1.54, 1.807) is 0 Å². The predicted molar refractivity (Wildman–Crippen MR) is 94.0 cm³/mol. The molecule has 0 radical (unpaired) electrons. The maximum Gasteiger partial charge on any atom is 0.418 e. The summed E-state index contributed by atoms with van der Waals surface area (Å²) in [5, 5.41) is 11.7. The Morgan fingerprint density at radius 1 is 1.07 bits per heavy atom. The number of carbonyl (C=O) groups is 1. The minimum atomic E-state index is -4.76. The van der Waals surface area contributed by atoms with Gasteiger partial charge in [0.25, 0.3) is 0 Å². The molecule has 1 atom stereocenters. The molecule has 0 spiro atoms. The van der Waals surface area contributed by atoms with Gasteiger partial charge in [0.05, 0.1) is 17.1 Å². The van der Waals surface area contributed by atoms with Gasteiger partial charge < -0.3 is 10.4 Å². The Balaban J connectivity index is 2.00. The highest BCUT2D eigenvalue weighted by Gasteiger charge is 2.39. The number of sulfone groups is 1. The molecule has 9 heteroatoms. The third kappa shape index (κ3) is 5.54. The molecular formula is C18H18F3NO4S. The van der Waals surface area contributed by atoms with Crippen molar-refractivity contribution in [2.75, 3.05) is 11.1 Å². The van der Waals surface area contributed by atoms with E-state index in [9.17, 15) is 26.4 Å². The molecule has 0 saturated carbocycles. The summed E-state index contributed by atoms with van der Waals surface area (Å²) in [5.74, 6) is -0.434. The zero-order chi connectivity index (χ0) is 20.2. The van der Waals surface area contributed by atoms with Gasteiger partial charge in [-0.15, -0.1) is 0 Å². The third-order valence-corrected chi connectivity index (χ3v) is 5.60. The van der Waals surface area contributed by atoms with Crippen LogP contribution in [0.5, 0.6) is 0 Å². The van der Waals surface area contributed by atoms with Gasteiger partial charge in [0.15, 0.2) is 15.9 Å². The number of halogens is 3. The minimum absolute atomic E-state index is 0.0220. The van der Waals surface area contributed by atoms with Gasteiger partial charge in [0.2, 0.25) is 5.91 Å². The number of benzene rings is 2. The quantitative estimate of drug-likeness (QED) is 0.778. The first kappa shape index (κ1) is 20.9. The summed E-state index contributed by atoms with van der Waals surface area (Å²) in [6.07, 6.45) is -7.37. The lowest BCUT2D eigenvalue weighted by Gasteiger charge is -2.15. The lowest BCUT2D eigenvalue weighted by atomic mass is 10.1. The Morgan fingerprint density at radius 3 is 2.11 bits per heavy atom. The molecule has 2 N–H and O–H groups in total. The standard InChI is InChI=1S/C18H18F3NO4S/c1-2-27(25,26)15-9-3-12(4-10-15)11-16(23)22-14-7-5-13(6-8-14)17(24)18(19,20)21/h3-10,17,24H,2,11H2,1H3,(H,22,23)/t17-/m0/s1. The zero-order valence-electron chi connectivity index (χ0n) is 14.3. The van der Waals surface area contributed by atoms with Crippen LogP contribution in [-0.4, -0.2) is 31.4 Å². The Kier molecular flexibility index (Phi) is 6.27. The number of aliphatic hydroxyl groups is 1. The summed E-state index contributed by atoms with van der Waals surface area (Å²) in [5.41, 5.74) is 0.545. The van der Waals surface area contributed by atoms with Gasteiger partial charge >= 0.3 is 6.18 Å². The number of nitrogens with one attached hydrogen (secondary N) is 1. The summed E-state index contributed by atoms with van der Waals surface area (Å²) in [6, 6.07) is 10.6. The van der Waals surface area contributed by atoms with Gasteiger partial charge in [-0.3, -0.25) is 4.79 Å². The van der Waals surface area contributed by atoms with Crippen molar-refractivity contribution in [1.82, 2.24) is 0 Å². The fourth-order valence-electron chi connectivity index (χ4n) is 2.31. The second-order valence-electron chi connectivity index (χ2n) is 5.84. The normalized spacial score (nSPS) is 13.2. The van der Waals surface area contributed by atoms with E-state index in [2.05, 4.69) is 5.32 Å². The summed E-state index contributed by atoms with van der Waals surface area (Å²) >= 11 is 0. The molecule has 0 aromatic heterocycles. The molecule has 2 rings (SSSR count). The number of aliphatic hydroxyl groups excluding tert-OH is 1. The van der Waals surface area contributed by atoms with Crippen LogP contribution in [0.15, 0.2) is 53.4 Å². The Labute approximate surface area is 154 Å². The van der Waals surface area contributed by atoms with Crippen LogP contribution in [0.25, 0.3) is 0 Å². The molecule has 0 aliphatic heterocycles. The highest BCUT2D eigenvalue weighted by Crippen LogP contribution is 2.32. The smallest absolute Gasteiger partial charge is 0.379 e. The van der Waals surface area contributed by atoms with Gasteiger partial charge in [-0.1, -0.05) is 31.2 Å². The summed E-state index contributed by atoms with van der Waals surface area (Å²) < 4.78 is 60.9. The Bertz CT molecular complexity index is 892. The maximum absolute atomic E-state index is 12.5. The number of amides is 1. The summed E-state index contributed by atoms with van der Waals surface area (Å²) in [7, 11) is -3.31. The molecule has 146 valence electrons. The monoisotopic (exact) mass is 401 g/mol. The van der Waals surface area contributed by atoms with Crippen molar-refractivity contribution in [3.05, 3.63) is 59.7 Å². The van der Waals surface area contributed by atoms with Crippen LogP contribution in [0.4, 0.5) is 18.9 Å². The Morgan fingerprint density at radius 2 is 1.63 bits per heavy atom. The molecule has 2 aromatic carbocycles. The van der Waals surface area contributed by atoms with E-state index >= 15 is 0 Å². The molecule has 0 unspecified atom stereocenters. The number of anilines is 1. The van der Waals surface area contributed by atoms with Crippen LogP contribution in [0.3, 0.4) is 0 Å². The molecule has 0 aliphatic carbocycles. The molecule has 2 aromatic rings. The van der Waals surface area contributed by atoms with Crippen molar-refractivity contribution >= 4 is 21.4 Å². The average Bonchev–Trinajstić information content (AvgIpc) is 2.61. The molecule has 0 heterocycles. The van der Waals surface area contributed by atoms with Crippen LogP contribution in [0.1, 0.15) is 24.2 Å². The van der Waals surface area contributed by atoms with Gasteiger partial charge in [0.1, 0.15) is 0 Å². The molecule has 5 nitrogen and oxygen atoms in total. The van der Waals surface area contributed by atoms with E-state index < -0.39 is 28.0 Å². The van der Waals surface area contributed by atoms with Crippen LogP contribution in [0.2, 0.25) is 0 Å². The molecule has 0 aliphatic rings. The van der Waals surface area contributed by atoms with Crippen LogP contribution in [-0.2, 0) is 21.1 Å². The van der Waals surface area contributed by atoms with Crippen molar-refractivity contribution in [3.63, 3.8) is 0 Å². The van der Waals surface area contributed by atoms with E-state index in [1.807, 2.05) is 0 Å². The summed E-state index contributed by atoms with van der Waals surface area (Å²) in [6.45, 7) is 1.54. The van der Waals surface area contributed by atoms with Crippen molar-refractivity contribution < 1.29 is 31.5 Å². The number of rotatable bonds is 6. The van der Waals surface area contributed by atoms with Gasteiger partial charge in [-0.05, 0) is 35.4 Å². The largest absolute Gasteiger partial charge is 0.418 e. The number of hydrogen-bond donors (Lipinski definition) is 2. The first-order valence-corrected chi connectivity index (χ1v) is 9.64. The topological polar surface area (TPSA) is 83.5 Å². The Hall–Kier alpha value is -2.39. The zero-order valence-corrected chi connectivity index (χ0v) is 15.1. The minimum Gasteiger partial charge on any atom is -0.379 e. The van der Waals surface area contributed by atoms with Crippen LogP contribution in [0, 0.1) is 0 Å². The lowest BCUT2D eigenvalue weighted by Crippen LogP contribution is -2.20. The summed E-state index contributed by atoms with van der Waals surface area (Å²) in [4.78, 5) is 12.2. The molecule has 0 fully saturated rings. The van der Waals surface area contributed by atoms with Crippen molar-refractivity contribution in [2.24, 2.45) is 0 Å². The van der Waals surface area contributed by atoms with Crippen LogP contribution >= 0.6 is 0 Å². The van der Waals surface area contributed by atoms with E-state index in [0.29, 0.717) is 5.56 Å². The third-order valence-electron chi connectivity index (χ3n) is 3.85. The number of hydrogen-bond acceptors (Lipinski definition) is 4. The second-order valence-corrected chi connectivity index (χ2v) is 8.12. The van der Waals surface area contributed by atoms with E-state index in [4.69, 9.17) is 5.11 Å². The molecule has 0 bridgehead atoms. The second kappa shape index (κ2) is 8.10. The SMILES string of the molecule is CCS(=O)(=O)c1ccc(CC(=O)Nc2ccc([C@H](O)C(F)(F)F)cc2)cc1. The molecular weight excluding hydrogens is 383 g/mol. The predicted octanol–water partition coefficient (Wildman–Crippen LogP) is 3.26. The molecule has 0 saturated heterocycles. The van der Waals surface area contributed by atoms with Gasteiger partial charge in [-0.25, -0.2) is 8.42 Å². The van der Waals surface area contributed by atoms with Crippen molar-refractivity contribution in [3.8, 4) is 0 Å². The lowest BCUT2D eigenvalue weighted by molar-refractivity contribution is -0.206. The van der Waals surface area contributed by atoms with E-state index in [-0.39, 0.29) is 28.3 Å². The number of alkyl halides is 3. The van der Waals surface area contributed by atoms with Crippen molar-refractivity contribution in [1.29, 1.82) is 0 Å². The molecule has 27 heavy (non-hydrogen) atoms. The highest BCUT2D eigenvalue weighted by atomic mass is 32.2. The van der Waals surface area contributed by atoms with E-state index in [0.717, 1.165) is 12.1 Å².